The number of nitrogen functional groups attached to an aromatic ring is 1. The van der Waals surface area contributed by atoms with Crippen molar-refractivity contribution >= 4 is 28.4 Å². The summed E-state index contributed by atoms with van der Waals surface area (Å²) in [7, 11) is 0. The molecule has 18 heavy (non-hydrogen) atoms. The summed E-state index contributed by atoms with van der Waals surface area (Å²) >= 11 is 1.43. The zero-order valence-electron chi connectivity index (χ0n) is 9.48. The largest absolute Gasteiger partial charge is 0.398 e. The van der Waals surface area contributed by atoms with Crippen LogP contribution in [0.25, 0.3) is 10.9 Å². The molecule has 0 aliphatic heterocycles. The van der Waals surface area contributed by atoms with Gasteiger partial charge in [0.05, 0.1) is 5.03 Å². The van der Waals surface area contributed by atoms with E-state index in [9.17, 15) is 4.39 Å². The Hall–Kier alpha value is -1.94. The fourth-order valence-electron chi connectivity index (χ4n) is 1.82. The van der Waals surface area contributed by atoms with Crippen molar-refractivity contribution in [2.45, 2.75) is 9.92 Å². The van der Waals surface area contributed by atoms with Crippen LogP contribution in [0.15, 0.2) is 58.5 Å². The van der Waals surface area contributed by atoms with Crippen LogP contribution in [-0.2, 0) is 0 Å². The smallest absolute Gasteiger partial charge is 0.124 e. The molecule has 0 spiro atoms. The molecular formula is C14H11FN2S. The van der Waals surface area contributed by atoms with E-state index < -0.39 is 0 Å². The summed E-state index contributed by atoms with van der Waals surface area (Å²) < 4.78 is 13.2. The summed E-state index contributed by atoms with van der Waals surface area (Å²) in [6.07, 6.45) is 0. The molecule has 0 unspecified atom stereocenters. The minimum atomic E-state index is -0.275. The standard InChI is InChI=1S/C14H11FN2S/c15-10-5-6-11(16)13(8-10)18-14-7-9-3-1-2-4-12(9)17-14/h1-8,17H,16H2. The van der Waals surface area contributed by atoms with Crippen LogP contribution in [0.1, 0.15) is 0 Å². The molecular weight excluding hydrogens is 247 g/mol. The number of halogens is 1. The first kappa shape index (κ1) is 11.2. The van der Waals surface area contributed by atoms with Crippen molar-refractivity contribution in [1.29, 1.82) is 0 Å². The topological polar surface area (TPSA) is 41.8 Å². The van der Waals surface area contributed by atoms with Crippen molar-refractivity contribution in [2.75, 3.05) is 5.73 Å². The van der Waals surface area contributed by atoms with Crippen molar-refractivity contribution in [3.8, 4) is 0 Å². The highest BCUT2D eigenvalue weighted by Gasteiger charge is 2.06. The molecule has 4 heteroatoms. The van der Waals surface area contributed by atoms with Gasteiger partial charge in [0.2, 0.25) is 0 Å². The Morgan fingerprint density at radius 1 is 1.06 bits per heavy atom. The van der Waals surface area contributed by atoms with Crippen LogP contribution < -0.4 is 5.73 Å². The Bertz CT molecular complexity index is 673. The first-order chi connectivity index (χ1) is 8.72. The minimum absolute atomic E-state index is 0.275. The van der Waals surface area contributed by atoms with Gasteiger partial charge >= 0.3 is 0 Å². The molecule has 0 radical (unpaired) electrons. The molecule has 0 aliphatic carbocycles. The van der Waals surface area contributed by atoms with Gasteiger partial charge in [0.1, 0.15) is 5.82 Å². The maximum absolute atomic E-state index is 13.2. The van der Waals surface area contributed by atoms with Gasteiger partial charge in [-0.25, -0.2) is 4.39 Å². The highest BCUT2D eigenvalue weighted by molar-refractivity contribution is 7.99. The number of benzene rings is 2. The van der Waals surface area contributed by atoms with Crippen LogP contribution in [0.5, 0.6) is 0 Å². The third-order valence-electron chi connectivity index (χ3n) is 2.70. The molecule has 3 aromatic rings. The summed E-state index contributed by atoms with van der Waals surface area (Å²) in [5, 5.41) is 2.09. The average Bonchev–Trinajstić information content (AvgIpc) is 2.76. The molecule has 2 aromatic carbocycles. The van der Waals surface area contributed by atoms with E-state index in [4.69, 9.17) is 5.73 Å². The zero-order valence-corrected chi connectivity index (χ0v) is 10.3. The summed E-state index contributed by atoms with van der Waals surface area (Å²) in [5.74, 6) is -0.275. The van der Waals surface area contributed by atoms with Gasteiger partial charge in [-0.3, -0.25) is 0 Å². The Kier molecular flexibility index (Phi) is 2.72. The number of nitrogens with two attached hydrogens (primary N) is 1. The lowest BCUT2D eigenvalue weighted by molar-refractivity contribution is 0.624. The third-order valence-corrected chi connectivity index (χ3v) is 3.71. The van der Waals surface area contributed by atoms with E-state index in [2.05, 4.69) is 4.98 Å². The lowest BCUT2D eigenvalue weighted by Crippen LogP contribution is -1.89. The van der Waals surface area contributed by atoms with E-state index in [1.54, 1.807) is 6.07 Å². The Morgan fingerprint density at radius 2 is 1.89 bits per heavy atom. The van der Waals surface area contributed by atoms with Crippen molar-refractivity contribution in [2.24, 2.45) is 0 Å². The summed E-state index contributed by atoms with van der Waals surface area (Å²) in [5.41, 5.74) is 7.48. The van der Waals surface area contributed by atoms with Crippen LogP contribution in [-0.4, -0.2) is 4.98 Å². The second kappa shape index (κ2) is 4.38. The van der Waals surface area contributed by atoms with E-state index >= 15 is 0 Å². The Balaban J connectivity index is 1.98. The van der Waals surface area contributed by atoms with Gasteiger partial charge in [-0.15, -0.1) is 0 Å². The van der Waals surface area contributed by atoms with Gasteiger partial charge in [-0.1, -0.05) is 30.0 Å². The molecule has 3 rings (SSSR count). The van der Waals surface area contributed by atoms with E-state index in [0.29, 0.717) is 5.69 Å². The monoisotopic (exact) mass is 258 g/mol. The normalized spacial score (nSPS) is 10.9. The van der Waals surface area contributed by atoms with Gasteiger partial charge < -0.3 is 10.7 Å². The molecule has 0 fully saturated rings. The van der Waals surface area contributed by atoms with Crippen molar-refractivity contribution < 1.29 is 4.39 Å². The zero-order chi connectivity index (χ0) is 12.5. The van der Waals surface area contributed by atoms with Gasteiger partial charge in [-0.2, -0.15) is 0 Å². The van der Waals surface area contributed by atoms with Gasteiger partial charge in [0.15, 0.2) is 0 Å². The van der Waals surface area contributed by atoms with Crippen LogP contribution in [0.4, 0.5) is 10.1 Å². The highest BCUT2D eigenvalue weighted by atomic mass is 32.2. The second-order valence-electron chi connectivity index (χ2n) is 4.01. The molecule has 1 heterocycles. The predicted octanol–water partition coefficient (Wildman–Crippen LogP) is 4.04. The van der Waals surface area contributed by atoms with E-state index in [0.717, 1.165) is 20.8 Å². The van der Waals surface area contributed by atoms with Crippen LogP contribution in [0.3, 0.4) is 0 Å². The number of H-pyrrole nitrogens is 1. The molecule has 2 nitrogen and oxygen atoms in total. The van der Waals surface area contributed by atoms with Crippen LogP contribution in [0.2, 0.25) is 0 Å². The number of para-hydroxylation sites is 1. The summed E-state index contributed by atoms with van der Waals surface area (Å²) in [6.45, 7) is 0. The third kappa shape index (κ3) is 2.07. The molecule has 90 valence electrons. The van der Waals surface area contributed by atoms with Crippen LogP contribution in [0, 0.1) is 5.82 Å². The van der Waals surface area contributed by atoms with Gasteiger partial charge in [-0.05, 0) is 30.3 Å². The molecule has 0 atom stereocenters. The fourth-order valence-corrected chi connectivity index (χ4v) is 2.76. The average molecular weight is 258 g/mol. The summed E-state index contributed by atoms with van der Waals surface area (Å²) in [4.78, 5) is 4.00. The summed E-state index contributed by atoms with van der Waals surface area (Å²) in [6, 6.07) is 14.4. The number of aromatic amines is 1. The second-order valence-corrected chi connectivity index (χ2v) is 5.09. The highest BCUT2D eigenvalue weighted by Crippen LogP contribution is 2.33. The maximum Gasteiger partial charge on any atom is 0.124 e. The Labute approximate surface area is 108 Å². The molecule has 0 saturated carbocycles. The molecule has 3 N–H and O–H groups in total. The lowest BCUT2D eigenvalue weighted by atomic mass is 10.3. The SMILES string of the molecule is Nc1ccc(F)cc1Sc1cc2ccccc2[nH]1. The molecule has 0 bridgehead atoms. The predicted molar refractivity (Wildman–Crippen MR) is 73.2 cm³/mol. The van der Waals surface area contributed by atoms with E-state index in [-0.39, 0.29) is 5.82 Å². The minimum Gasteiger partial charge on any atom is -0.398 e. The van der Waals surface area contributed by atoms with Crippen molar-refractivity contribution in [1.82, 2.24) is 4.98 Å². The molecule has 0 amide bonds. The molecule has 1 aromatic heterocycles. The van der Waals surface area contributed by atoms with Crippen molar-refractivity contribution in [3.63, 3.8) is 0 Å². The van der Waals surface area contributed by atoms with Crippen LogP contribution >= 0.6 is 11.8 Å². The number of rotatable bonds is 2. The Morgan fingerprint density at radius 3 is 2.72 bits per heavy atom. The number of fused-ring (bicyclic) bond motifs is 1. The first-order valence-corrected chi connectivity index (χ1v) is 6.35. The number of anilines is 1. The molecule has 0 aliphatic rings. The lowest BCUT2D eigenvalue weighted by Gasteiger charge is -2.03. The van der Waals surface area contributed by atoms with E-state index in [1.807, 2.05) is 30.3 Å². The van der Waals surface area contributed by atoms with E-state index in [1.165, 1.54) is 23.9 Å². The molecule has 0 saturated heterocycles. The maximum atomic E-state index is 13.2. The number of hydrogen-bond acceptors (Lipinski definition) is 2. The number of nitrogens with one attached hydrogen (secondary N) is 1. The number of hydrogen-bond donors (Lipinski definition) is 2. The van der Waals surface area contributed by atoms with Crippen molar-refractivity contribution in [3.05, 3.63) is 54.3 Å². The fraction of sp³-hybridized carbons (Fsp3) is 0. The quantitative estimate of drug-likeness (QED) is 0.681. The first-order valence-electron chi connectivity index (χ1n) is 5.53. The van der Waals surface area contributed by atoms with Gasteiger partial charge in [0.25, 0.3) is 0 Å². The van der Waals surface area contributed by atoms with Gasteiger partial charge in [0, 0.05) is 21.5 Å². The number of aromatic nitrogens is 1.